The number of hydrogen-bond acceptors (Lipinski definition) is 4. The summed E-state index contributed by atoms with van der Waals surface area (Å²) in [5.74, 6) is 0.690. The number of aromatic nitrogens is 1. The van der Waals surface area contributed by atoms with Gasteiger partial charge in [-0.3, -0.25) is 4.79 Å². The zero-order chi connectivity index (χ0) is 12.6. The van der Waals surface area contributed by atoms with Crippen LogP contribution in [0.3, 0.4) is 0 Å². The van der Waals surface area contributed by atoms with E-state index in [0.29, 0.717) is 16.7 Å². The lowest BCUT2D eigenvalue weighted by Gasteiger charge is -2.33. The molecule has 0 aliphatic carbocycles. The number of nitrogens with zero attached hydrogens (tertiary/aromatic N) is 2. The third kappa shape index (κ3) is 1.92. The third-order valence-electron chi connectivity index (χ3n) is 4.37. The van der Waals surface area contributed by atoms with Crippen molar-refractivity contribution in [2.75, 3.05) is 26.2 Å². The predicted octanol–water partition coefficient (Wildman–Crippen LogP) is 1.20. The monoisotopic (exact) mass is 249 g/mol. The van der Waals surface area contributed by atoms with Crippen molar-refractivity contribution in [3.8, 4) is 0 Å². The number of piperidine rings is 1. The van der Waals surface area contributed by atoms with Gasteiger partial charge in [0.1, 0.15) is 11.3 Å². The van der Waals surface area contributed by atoms with Crippen molar-refractivity contribution in [2.24, 2.45) is 5.41 Å². The maximum Gasteiger partial charge on any atom is 0.259 e. The molecule has 5 nitrogen and oxygen atoms in total. The van der Waals surface area contributed by atoms with E-state index < -0.39 is 0 Å². The Morgan fingerprint density at radius 3 is 2.89 bits per heavy atom. The molecule has 0 atom stereocenters. The highest BCUT2D eigenvalue weighted by Gasteiger charge is 2.41. The van der Waals surface area contributed by atoms with E-state index in [-0.39, 0.29) is 5.91 Å². The third-order valence-corrected chi connectivity index (χ3v) is 4.37. The first-order chi connectivity index (χ1) is 8.70. The van der Waals surface area contributed by atoms with Crippen LogP contribution in [0.1, 0.15) is 35.4 Å². The van der Waals surface area contributed by atoms with Gasteiger partial charge in [-0.2, -0.15) is 0 Å². The Morgan fingerprint density at radius 2 is 2.22 bits per heavy atom. The van der Waals surface area contributed by atoms with Crippen LogP contribution < -0.4 is 5.32 Å². The second-order valence-electron chi connectivity index (χ2n) is 5.52. The number of hydrogen-bond donors (Lipinski definition) is 1. The molecule has 1 aromatic heterocycles. The lowest BCUT2D eigenvalue weighted by Crippen LogP contribution is -2.39. The predicted molar refractivity (Wildman–Crippen MR) is 66.3 cm³/mol. The van der Waals surface area contributed by atoms with Crippen LogP contribution in [-0.4, -0.2) is 42.1 Å². The molecule has 1 spiro atoms. The smallest absolute Gasteiger partial charge is 0.259 e. The molecule has 0 aromatic carbocycles. The van der Waals surface area contributed by atoms with Crippen molar-refractivity contribution < 1.29 is 9.32 Å². The van der Waals surface area contributed by atoms with Crippen molar-refractivity contribution in [3.05, 3.63) is 17.5 Å². The summed E-state index contributed by atoms with van der Waals surface area (Å²) < 4.78 is 4.97. The van der Waals surface area contributed by atoms with Crippen LogP contribution in [-0.2, 0) is 0 Å². The molecule has 98 valence electrons. The van der Waals surface area contributed by atoms with Gasteiger partial charge in [-0.15, -0.1) is 0 Å². The van der Waals surface area contributed by atoms with Crippen molar-refractivity contribution in [2.45, 2.75) is 26.2 Å². The van der Waals surface area contributed by atoms with Crippen LogP contribution in [0.25, 0.3) is 0 Å². The molecule has 5 heteroatoms. The van der Waals surface area contributed by atoms with Gasteiger partial charge in [-0.25, -0.2) is 0 Å². The second-order valence-corrected chi connectivity index (χ2v) is 5.52. The zero-order valence-electron chi connectivity index (χ0n) is 10.7. The number of aryl methyl sites for hydroxylation is 1. The van der Waals surface area contributed by atoms with E-state index >= 15 is 0 Å². The van der Waals surface area contributed by atoms with Gasteiger partial charge in [0.25, 0.3) is 5.91 Å². The SMILES string of the molecule is Cc1oncc1C(=O)N1CCC2(CCNCC2)C1. The minimum Gasteiger partial charge on any atom is -0.361 e. The van der Waals surface area contributed by atoms with E-state index in [1.165, 1.54) is 19.0 Å². The normalized spacial score (nSPS) is 22.6. The van der Waals surface area contributed by atoms with Gasteiger partial charge in [0.2, 0.25) is 0 Å². The summed E-state index contributed by atoms with van der Waals surface area (Å²) >= 11 is 0. The Kier molecular flexibility index (Phi) is 2.86. The van der Waals surface area contributed by atoms with Crippen LogP contribution in [0, 0.1) is 12.3 Å². The molecule has 1 N–H and O–H groups in total. The number of rotatable bonds is 1. The van der Waals surface area contributed by atoms with Crippen LogP contribution in [0.4, 0.5) is 0 Å². The molecule has 2 aliphatic rings. The Hall–Kier alpha value is -1.36. The molecule has 0 unspecified atom stereocenters. The summed E-state index contributed by atoms with van der Waals surface area (Å²) in [6.45, 7) is 5.70. The van der Waals surface area contributed by atoms with E-state index in [0.717, 1.165) is 32.6 Å². The van der Waals surface area contributed by atoms with Gasteiger partial charge in [0.15, 0.2) is 0 Å². The molecule has 1 amide bonds. The summed E-state index contributed by atoms with van der Waals surface area (Å²) in [5, 5.41) is 7.07. The van der Waals surface area contributed by atoms with Crippen LogP contribution >= 0.6 is 0 Å². The average Bonchev–Trinajstić information content (AvgIpc) is 2.97. The molecule has 2 fully saturated rings. The largest absolute Gasteiger partial charge is 0.361 e. The molecule has 2 aliphatic heterocycles. The molecule has 0 bridgehead atoms. The van der Waals surface area contributed by atoms with Crippen molar-refractivity contribution in [1.82, 2.24) is 15.4 Å². The topological polar surface area (TPSA) is 58.4 Å². The van der Waals surface area contributed by atoms with Crippen LogP contribution in [0.5, 0.6) is 0 Å². The summed E-state index contributed by atoms with van der Waals surface area (Å²) in [6, 6.07) is 0. The molecule has 18 heavy (non-hydrogen) atoms. The van der Waals surface area contributed by atoms with Gasteiger partial charge in [0.05, 0.1) is 6.20 Å². The molecule has 3 rings (SSSR count). The lowest BCUT2D eigenvalue weighted by molar-refractivity contribution is 0.0760. The highest BCUT2D eigenvalue weighted by Crippen LogP contribution is 2.39. The lowest BCUT2D eigenvalue weighted by atomic mass is 9.78. The molecule has 1 aromatic rings. The summed E-state index contributed by atoms with van der Waals surface area (Å²) in [5.41, 5.74) is 0.965. The average molecular weight is 249 g/mol. The van der Waals surface area contributed by atoms with Gasteiger partial charge in [-0.05, 0) is 44.7 Å². The zero-order valence-corrected chi connectivity index (χ0v) is 10.7. The standard InChI is InChI=1S/C13H19N3O2/c1-10-11(8-15-18-10)12(17)16-7-4-13(9-16)2-5-14-6-3-13/h8,14H,2-7,9H2,1H3. The Labute approximate surface area is 107 Å². The van der Waals surface area contributed by atoms with Crippen molar-refractivity contribution >= 4 is 5.91 Å². The van der Waals surface area contributed by atoms with E-state index in [9.17, 15) is 4.79 Å². The fourth-order valence-electron chi connectivity index (χ4n) is 3.15. The summed E-state index contributed by atoms with van der Waals surface area (Å²) in [4.78, 5) is 14.3. The first-order valence-corrected chi connectivity index (χ1v) is 6.62. The molecular formula is C13H19N3O2. The maximum absolute atomic E-state index is 12.4. The number of carbonyl (C=O) groups is 1. The Bertz CT molecular complexity index is 449. The number of amides is 1. The summed E-state index contributed by atoms with van der Waals surface area (Å²) in [6.07, 6.45) is 5.02. The first kappa shape index (κ1) is 11.7. The first-order valence-electron chi connectivity index (χ1n) is 6.62. The van der Waals surface area contributed by atoms with E-state index in [1.807, 2.05) is 4.90 Å². The van der Waals surface area contributed by atoms with Gasteiger partial charge >= 0.3 is 0 Å². The quantitative estimate of drug-likeness (QED) is 0.812. The van der Waals surface area contributed by atoms with E-state index in [1.54, 1.807) is 6.92 Å². The minimum absolute atomic E-state index is 0.0733. The van der Waals surface area contributed by atoms with E-state index in [4.69, 9.17) is 4.52 Å². The second kappa shape index (κ2) is 4.39. The minimum atomic E-state index is 0.0733. The molecule has 0 saturated carbocycles. The van der Waals surface area contributed by atoms with Gasteiger partial charge in [0, 0.05) is 13.1 Å². The van der Waals surface area contributed by atoms with Gasteiger partial charge in [-0.1, -0.05) is 5.16 Å². The number of carbonyl (C=O) groups excluding carboxylic acids is 1. The molecule has 2 saturated heterocycles. The molecular weight excluding hydrogens is 230 g/mol. The number of likely N-dealkylation sites (tertiary alicyclic amines) is 1. The molecule has 0 radical (unpaired) electrons. The van der Waals surface area contributed by atoms with Crippen molar-refractivity contribution in [3.63, 3.8) is 0 Å². The van der Waals surface area contributed by atoms with Crippen LogP contribution in [0.15, 0.2) is 10.7 Å². The molecule has 3 heterocycles. The van der Waals surface area contributed by atoms with Gasteiger partial charge < -0.3 is 14.7 Å². The highest BCUT2D eigenvalue weighted by molar-refractivity contribution is 5.95. The fourth-order valence-corrected chi connectivity index (χ4v) is 3.15. The summed E-state index contributed by atoms with van der Waals surface area (Å²) in [7, 11) is 0. The number of nitrogens with one attached hydrogen (secondary N) is 1. The Morgan fingerprint density at radius 1 is 1.44 bits per heavy atom. The fraction of sp³-hybridized carbons (Fsp3) is 0.692. The highest BCUT2D eigenvalue weighted by atomic mass is 16.5. The Balaban J connectivity index is 1.72. The maximum atomic E-state index is 12.4. The van der Waals surface area contributed by atoms with Crippen molar-refractivity contribution in [1.29, 1.82) is 0 Å². The van der Waals surface area contributed by atoms with E-state index in [2.05, 4.69) is 10.5 Å². The van der Waals surface area contributed by atoms with Crippen LogP contribution in [0.2, 0.25) is 0 Å².